The van der Waals surface area contributed by atoms with Crippen LogP contribution in [-0.2, 0) is 0 Å². The normalized spacial score (nSPS) is 13.5. The van der Waals surface area contributed by atoms with Gasteiger partial charge in [0.2, 0.25) is 0 Å². The topological polar surface area (TPSA) is 49.3 Å². The summed E-state index contributed by atoms with van der Waals surface area (Å²) in [4.78, 5) is 12.0. The van der Waals surface area contributed by atoms with E-state index in [0.717, 1.165) is 0 Å². The van der Waals surface area contributed by atoms with E-state index in [4.69, 9.17) is 0 Å². The van der Waals surface area contributed by atoms with Gasteiger partial charge in [-0.05, 0) is 49.6 Å². The number of rotatable bonds is 5. The van der Waals surface area contributed by atoms with Crippen LogP contribution in [0.2, 0.25) is 0 Å². The molecular weight excluding hydrogens is 245 g/mol. The van der Waals surface area contributed by atoms with Crippen molar-refractivity contribution >= 4 is 5.91 Å². The molecular formula is C15H20FNO2. The van der Waals surface area contributed by atoms with E-state index in [1.807, 2.05) is 13.8 Å². The summed E-state index contributed by atoms with van der Waals surface area (Å²) in [7, 11) is 0. The summed E-state index contributed by atoms with van der Waals surface area (Å²) in [6, 6.07) is 5.35. The highest BCUT2D eigenvalue weighted by Gasteiger charge is 2.10. The van der Waals surface area contributed by atoms with Crippen molar-refractivity contribution in [2.45, 2.75) is 33.3 Å². The van der Waals surface area contributed by atoms with Crippen molar-refractivity contribution in [1.82, 2.24) is 5.32 Å². The van der Waals surface area contributed by atoms with Crippen LogP contribution in [0.3, 0.4) is 0 Å². The first kappa shape index (κ1) is 15.4. The van der Waals surface area contributed by atoms with E-state index in [0.29, 0.717) is 23.6 Å². The highest BCUT2D eigenvalue weighted by Crippen LogP contribution is 2.11. The number of aliphatic hydroxyl groups excluding tert-OH is 1. The Kier molecular flexibility index (Phi) is 5.70. The Labute approximate surface area is 113 Å². The van der Waals surface area contributed by atoms with Crippen LogP contribution in [0.25, 0.3) is 0 Å². The van der Waals surface area contributed by atoms with Crippen LogP contribution in [0.1, 0.15) is 37.6 Å². The number of hydrogen-bond donors (Lipinski definition) is 2. The molecule has 0 fully saturated rings. The minimum Gasteiger partial charge on any atom is -0.389 e. The zero-order chi connectivity index (χ0) is 14.4. The third-order valence-electron chi connectivity index (χ3n) is 2.45. The maximum Gasteiger partial charge on any atom is 0.255 e. The zero-order valence-electron chi connectivity index (χ0n) is 11.5. The number of allylic oxidation sites excluding steroid dienone is 1. The molecule has 104 valence electrons. The molecule has 0 bridgehead atoms. The number of carbonyl (C=O) groups excluding carboxylic acids is 1. The van der Waals surface area contributed by atoms with E-state index in [1.165, 1.54) is 24.3 Å². The quantitative estimate of drug-likeness (QED) is 0.860. The molecule has 1 aromatic carbocycles. The predicted molar refractivity (Wildman–Crippen MR) is 73.1 cm³/mol. The number of carbonyl (C=O) groups is 1. The fourth-order valence-corrected chi connectivity index (χ4v) is 1.71. The summed E-state index contributed by atoms with van der Waals surface area (Å²) in [5.41, 5.74) is 1.07. The molecule has 0 saturated heterocycles. The molecule has 1 amide bonds. The molecule has 1 rings (SSSR count). The second kappa shape index (κ2) is 7.04. The fourth-order valence-electron chi connectivity index (χ4n) is 1.71. The molecule has 1 atom stereocenters. The van der Waals surface area contributed by atoms with E-state index in [-0.39, 0.29) is 11.7 Å². The molecule has 0 aliphatic rings. The van der Waals surface area contributed by atoms with Crippen molar-refractivity contribution in [1.29, 1.82) is 0 Å². The summed E-state index contributed by atoms with van der Waals surface area (Å²) in [6.45, 7) is 5.68. The lowest BCUT2D eigenvalue weighted by Gasteiger charge is -2.13. The maximum atomic E-state index is 12.8. The number of benzene rings is 1. The van der Waals surface area contributed by atoms with Gasteiger partial charge >= 0.3 is 0 Å². The summed E-state index contributed by atoms with van der Waals surface area (Å²) in [5, 5.41) is 12.1. The van der Waals surface area contributed by atoms with Gasteiger partial charge in [0.25, 0.3) is 5.91 Å². The van der Waals surface area contributed by atoms with E-state index in [9.17, 15) is 14.3 Å². The largest absolute Gasteiger partial charge is 0.389 e. The third-order valence-corrected chi connectivity index (χ3v) is 2.45. The maximum absolute atomic E-state index is 12.8. The van der Waals surface area contributed by atoms with E-state index in [2.05, 4.69) is 5.32 Å². The van der Waals surface area contributed by atoms with Gasteiger partial charge < -0.3 is 10.4 Å². The Morgan fingerprint density at radius 3 is 2.37 bits per heavy atom. The molecule has 0 heterocycles. The minimum atomic E-state index is -0.623. The number of hydrogen-bond acceptors (Lipinski definition) is 2. The molecule has 0 saturated carbocycles. The smallest absolute Gasteiger partial charge is 0.255 e. The van der Waals surface area contributed by atoms with E-state index in [1.54, 1.807) is 13.0 Å². The lowest BCUT2D eigenvalue weighted by Crippen LogP contribution is -2.24. The van der Waals surface area contributed by atoms with Gasteiger partial charge in [0, 0.05) is 11.3 Å². The highest BCUT2D eigenvalue weighted by atomic mass is 19.1. The Morgan fingerprint density at radius 1 is 1.32 bits per heavy atom. The number of aliphatic hydroxyl groups is 1. The van der Waals surface area contributed by atoms with Crippen molar-refractivity contribution < 1.29 is 14.3 Å². The number of amides is 1. The Bertz CT molecular complexity index is 450. The summed E-state index contributed by atoms with van der Waals surface area (Å²) >= 11 is 0. The standard InChI is InChI=1S/C15H20FNO2/c1-10(2)8-14(9-11(3)18)17-15(19)12-4-6-13(16)7-5-12/h4-7,9-11,18H,8H2,1-3H3,(H,17,19)/b14-9+. The second-order valence-corrected chi connectivity index (χ2v) is 4.99. The fraction of sp³-hybridized carbons (Fsp3) is 0.400. The van der Waals surface area contributed by atoms with Gasteiger partial charge in [0.1, 0.15) is 5.82 Å². The summed E-state index contributed by atoms with van der Waals surface area (Å²) in [6.07, 6.45) is 1.65. The van der Waals surface area contributed by atoms with Gasteiger partial charge in [0.15, 0.2) is 0 Å². The van der Waals surface area contributed by atoms with Crippen LogP contribution < -0.4 is 5.32 Å². The van der Waals surface area contributed by atoms with Gasteiger partial charge in [-0.1, -0.05) is 13.8 Å². The SMILES string of the molecule is CC(O)/C=C(\CC(C)C)NC(=O)c1ccc(F)cc1. The first-order valence-corrected chi connectivity index (χ1v) is 6.34. The monoisotopic (exact) mass is 265 g/mol. The van der Waals surface area contributed by atoms with Gasteiger partial charge in [-0.2, -0.15) is 0 Å². The van der Waals surface area contributed by atoms with Crippen LogP contribution in [-0.4, -0.2) is 17.1 Å². The first-order valence-electron chi connectivity index (χ1n) is 6.34. The van der Waals surface area contributed by atoms with Crippen molar-refractivity contribution in [3.8, 4) is 0 Å². The van der Waals surface area contributed by atoms with Crippen LogP contribution in [0.5, 0.6) is 0 Å². The molecule has 19 heavy (non-hydrogen) atoms. The van der Waals surface area contributed by atoms with E-state index < -0.39 is 6.10 Å². The molecule has 2 N–H and O–H groups in total. The lowest BCUT2D eigenvalue weighted by molar-refractivity contribution is 0.0963. The molecule has 0 aliphatic carbocycles. The molecule has 0 aromatic heterocycles. The molecule has 4 heteroatoms. The van der Waals surface area contributed by atoms with Gasteiger partial charge in [-0.3, -0.25) is 4.79 Å². The van der Waals surface area contributed by atoms with Gasteiger partial charge in [-0.25, -0.2) is 4.39 Å². The van der Waals surface area contributed by atoms with E-state index >= 15 is 0 Å². The molecule has 0 spiro atoms. The molecule has 1 unspecified atom stereocenters. The Hall–Kier alpha value is -1.68. The number of nitrogens with one attached hydrogen (secondary N) is 1. The Morgan fingerprint density at radius 2 is 1.89 bits per heavy atom. The summed E-state index contributed by atoms with van der Waals surface area (Å²) < 4.78 is 12.8. The van der Waals surface area contributed by atoms with Gasteiger partial charge in [0.05, 0.1) is 6.10 Å². The van der Waals surface area contributed by atoms with Gasteiger partial charge in [-0.15, -0.1) is 0 Å². The average Bonchev–Trinajstić information content (AvgIpc) is 2.27. The molecule has 3 nitrogen and oxygen atoms in total. The number of halogens is 1. The van der Waals surface area contributed by atoms with Crippen molar-refractivity contribution in [2.75, 3.05) is 0 Å². The lowest BCUT2D eigenvalue weighted by atomic mass is 10.1. The highest BCUT2D eigenvalue weighted by molar-refractivity contribution is 5.95. The Balaban J connectivity index is 2.78. The average molecular weight is 265 g/mol. The van der Waals surface area contributed by atoms with Crippen LogP contribution in [0, 0.1) is 11.7 Å². The first-order chi connectivity index (χ1) is 8.88. The zero-order valence-corrected chi connectivity index (χ0v) is 11.5. The predicted octanol–water partition coefficient (Wildman–Crippen LogP) is 2.87. The summed E-state index contributed by atoms with van der Waals surface area (Å²) in [5.74, 6) is -0.315. The van der Waals surface area contributed by atoms with Crippen molar-refractivity contribution in [3.05, 3.63) is 47.4 Å². The van der Waals surface area contributed by atoms with Crippen molar-refractivity contribution in [2.24, 2.45) is 5.92 Å². The molecule has 0 radical (unpaired) electrons. The van der Waals surface area contributed by atoms with Crippen LogP contribution in [0.4, 0.5) is 4.39 Å². The third kappa shape index (κ3) is 5.66. The minimum absolute atomic E-state index is 0.299. The molecule has 1 aromatic rings. The second-order valence-electron chi connectivity index (χ2n) is 4.99. The van der Waals surface area contributed by atoms with Crippen LogP contribution >= 0.6 is 0 Å². The molecule has 0 aliphatic heterocycles. The van der Waals surface area contributed by atoms with Crippen LogP contribution in [0.15, 0.2) is 36.0 Å². The van der Waals surface area contributed by atoms with Crippen molar-refractivity contribution in [3.63, 3.8) is 0 Å².